The minimum Gasteiger partial charge on any atom is -0.387 e. The molecule has 0 heterocycles. The Hall–Kier alpha value is -0.760. The van der Waals surface area contributed by atoms with Crippen LogP contribution in [0.15, 0.2) is 12.2 Å². The van der Waals surface area contributed by atoms with Gasteiger partial charge < -0.3 is 19.8 Å². The summed E-state index contributed by atoms with van der Waals surface area (Å²) < 4.78 is 23.6. The van der Waals surface area contributed by atoms with Gasteiger partial charge in [0.15, 0.2) is 0 Å². The number of aliphatic hydroxyl groups excluding tert-OH is 1. The van der Waals surface area contributed by atoms with Gasteiger partial charge in [-0.15, -0.1) is 0 Å². The second-order valence-corrected chi connectivity index (χ2v) is 21.4. The molecular formula is C53H108N2O6P+. The molecule has 0 aromatic carbocycles. The molecule has 1 unspecified atom stereocenters. The van der Waals surface area contributed by atoms with Crippen molar-refractivity contribution in [2.24, 2.45) is 0 Å². The molecule has 0 aliphatic heterocycles. The van der Waals surface area contributed by atoms with Crippen LogP contribution in [0, 0.1) is 0 Å². The van der Waals surface area contributed by atoms with E-state index in [1.807, 2.05) is 27.2 Å². The van der Waals surface area contributed by atoms with Crippen LogP contribution in [-0.2, 0) is 18.4 Å². The summed E-state index contributed by atoms with van der Waals surface area (Å²) in [5.74, 6) is -0.173. The number of likely N-dealkylation sites (N-methyl/N-ethyl adjacent to an activating group) is 1. The number of rotatable bonds is 50. The third-order valence-corrected chi connectivity index (χ3v) is 13.5. The molecule has 0 bridgehead atoms. The Morgan fingerprint density at radius 3 is 1.19 bits per heavy atom. The first-order valence-electron chi connectivity index (χ1n) is 27.1. The number of nitrogens with one attached hydrogen (secondary N) is 1. The van der Waals surface area contributed by atoms with Gasteiger partial charge in [-0.05, 0) is 19.3 Å². The maximum Gasteiger partial charge on any atom is 0.472 e. The van der Waals surface area contributed by atoms with Crippen LogP contribution in [0.2, 0.25) is 0 Å². The highest BCUT2D eigenvalue weighted by molar-refractivity contribution is 7.47. The third-order valence-electron chi connectivity index (χ3n) is 12.5. The summed E-state index contributed by atoms with van der Waals surface area (Å²) in [6, 6.07) is -0.840. The number of phosphoric acid groups is 1. The zero-order chi connectivity index (χ0) is 45.7. The maximum absolute atomic E-state index is 12.9. The van der Waals surface area contributed by atoms with Gasteiger partial charge in [-0.1, -0.05) is 257 Å². The molecule has 3 N–H and O–H groups in total. The van der Waals surface area contributed by atoms with Gasteiger partial charge in [0, 0.05) is 6.42 Å². The SMILES string of the molecule is CCCCCCCCCC/C=C/[C@@H](O)[C@H](COP(=O)(O)OCC[N+](C)(C)C)NC(=O)CCCCCCCCCCCCCCCCCCCCCCCCCCCCCCCC. The van der Waals surface area contributed by atoms with Gasteiger partial charge in [0.2, 0.25) is 5.91 Å². The van der Waals surface area contributed by atoms with Gasteiger partial charge in [0.1, 0.15) is 13.2 Å². The number of hydrogen-bond acceptors (Lipinski definition) is 5. The van der Waals surface area contributed by atoms with E-state index in [1.165, 1.54) is 212 Å². The molecule has 0 fully saturated rings. The Bertz CT molecular complexity index is 1020. The largest absolute Gasteiger partial charge is 0.472 e. The van der Waals surface area contributed by atoms with Crippen LogP contribution in [0.4, 0.5) is 0 Å². The van der Waals surface area contributed by atoms with Crippen molar-refractivity contribution in [3.05, 3.63) is 12.2 Å². The van der Waals surface area contributed by atoms with E-state index in [0.29, 0.717) is 17.4 Å². The number of carbonyl (C=O) groups excluding carboxylic acids is 1. The Morgan fingerprint density at radius 2 is 0.855 bits per heavy atom. The van der Waals surface area contributed by atoms with Gasteiger partial charge in [-0.25, -0.2) is 4.57 Å². The second-order valence-electron chi connectivity index (χ2n) is 20.0. The zero-order valence-electron chi connectivity index (χ0n) is 42.1. The summed E-state index contributed by atoms with van der Waals surface area (Å²) in [4.78, 5) is 23.2. The predicted octanol–water partition coefficient (Wildman–Crippen LogP) is 15.9. The molecule has 3 atom stereocenters. The summed E-state index contributed by atoms with van der Waals surface area (Å²) in [5.41, 5.74) is 0. The smallest absolute Gasteiger partial charge is 0.387 e. The number of unbranched alkanes of at least 4 members (excludes halogenated alkanes) is 37. The Morgan fingerprint density at radius 1 is 0.532 bits per heavy atom. The van der Waals surface area contributed by atoms with E-state index in [1.54, 1.807) is 6.08 Å². The van der Waals surface area contributed by atoms with E-state index in [-0.39, 0.29) is 19.1 Å². The van der Waals surface area contributed by atoms with Crippen LogP contribution in [0.25, 0.3) is 0 Å². The molecule has 1 amide bonds. The molecule has 0 radical (unpaired) electrons. The van der Waals surface area contributed by atoms with Crippen LogP contribution in [0.1, 0.15) is 271 Å². The van der Waals surface area contributed by atoms with Crippen LogP contribution in [0.5, 0.6) is 0 Å². The van der Waals surface area contributed by atoms with Crippen molar-refractivity contribution in [2.75, 3.05) is 40.9 Å². The number of phosphoric ester groups is 1. The highest BCUT2D eigenvalue weighted by atomic mass is 31.2. The van der Waals surface area contributed by atoms with Gasteiger partial charge in [-0.2, -0.15) is 0 Å². The van der Waals surface area contributed by atoms with E-state index in [9.17, 15) is 19.4 Å². The summed E-state index contributed by atoms with van der Waals surface area (Å²) in [6.45, 7) is 4.82. The molecule has 0 aromatic rings. The fourth-order valence-electron chi connectivity index (χ4n) is 8.22. The van der Waals surface area contributed by atoms with Crippen LogP contribution in [-0.4, -0.2) is 73.4 Å². The molecular weight excluding hydrogens is 792 g/mol. The lowest BCUT2D eigenvalue weighted by molar-refractivity contribution is -0.870. The zero-order valence-corrected chi connectivity index (χ0v) is 43.0. The predicted molar refractivity (Wildman–Crippen MR) is 268 cm³/mol. The van der Waals surface area contributed by atoms with Crippen molar-refractivity contribution in [1.82, 2.24) is 5.32 Å². The number of aliphatic hydroxyl groups is 1. The molecule has 9 heteroatoms. The Balaban J connectivity index is 3.96. The number of hydrogen-bond donors (Lipinski definition) is 3. The fourth-order valence-corrected chi connectivity index (χ4v) is 8.96. The number of allylic oxidation sites excluding steroid dienone is 1. The topological polar surface area (TPSA) is 105 Å². The summed E-state index contributed by atoms with van der Waals surface area (Å²) in [5, 5.41) is 13.8. The molecule has 0 saturated heterocycles. The van der Waals surface area contributed by atoms with E-state index in [0.717, 1.165) is 38.5 Å². The van der Waals surface area contributed by atoms with Gasteiger partial charge in [0.25, 0.3) is 0 Å². The first-order valence-corrected chi connectivity index (χ1v) is 28.6. The fraction of sp³-hybridized carbons (Fsp3) is 0.943. The minimum absolute atomic E-state index is 0.0645. The van der Waals surface area contributed by atoms with Crippen molar-refractivity contribution in [2.45, 2.75) is 283 Å². The van der Waals surface area contributed by atoms with Crippen molar-refractivity contribution < 1.29 is 32.9 Å². The van der Waals surface area contributed by atoms with E-state index < -0.39 is 20.0 Å². The Labute approximate surface area is 386 Å². The minimum atomic E-state index is -4.33. The highest BCUT2D eigenvalue weighted by Crippen LogP contribution is 2.43. The summed E-state index contributed by atoms with van der Waals surface area (Å²) in [7, 11) is 1.58. The van der Waals surface area contributed by atoms with Gasteiger partial charge in [-0.3, -0.25) is 13.8 Å². The molecule has 62 heavy (non-hydrogen) atoms. The molecule has 370 valence electrons. The third kappa shape index (κ3) is 47.2. The molecule has 0 spiro atoms. The highest BCUT2D eigenvalue weighted by Gasteiger charge is 2.27. The quantitative estimate of drug-likeness (QED) is 0.0243. The first kappa shape index (κ1) is 61.2. The molecule has 0 rings (SSSR count). The van der Waals surface area contributed by atoms with Gasteiger partial charge in [0.05, 0.1) is 39.9 Å². The summed E-state index contributed by atoms with van der Waals surface area (Å²) >= 11 is 0. The standard InChI is InChI=1S/C53H107N2O6P/c1-6-8-10-12-14-16-18-19-20-21-22-23-24-25-26-27-28-29-30-31-32-33-34-35-36-37-39-41-43-45-47-53(57)54-51(50-61-62(58,59)60-49-48-55(3,4)5)52(56)46-44-42-40-38-17-15-13-11-9-7-2/h44,46,51-52,56H,6-43,45,47-50H2,1-5H3,(H-,54,57,58,59)/p+1/b46-44+/t51-,52+/m0/s1. The number of carbonyl (C=O) groups is 1. The lowest BCUT2D eigenvalue weighted by Gasteiger charge is -2.25. The monoisotopic (exact) mass is 900 g/mol. The Kier molecular flexibility index (Phi) is 44.8. The van der Waals surface area contributed by atoms with Gasteiger partial charge >= 0.3 is 7.82 Å². The van der Waals surface area contributed by atoms with E-state index in [4.69, 9.17) is 9.05 Å². The van der Waals surface area contributed by atoms with Crippen molar-refractivity contribution in [1.29, 1.82) is 0 Å². The lowest BCUT2D eigenvalue weighted by Crippen LogP contribution is -2.45. The average Bonchev–Trinajstić information content (AvgIpc) is 3.23. The first-order chi connectivity index (χ1) is 30.0. The van der Waals surface area contributed by atoms with Crippen LogP contribution in [0.3, 0.4) is 0 Å². The average molecular weight is 900 g/mol. The molecule has 0 saturated carbocycles. The normalized spacial score (nSPS) is 14.1. The lowest BCUT2D eigenvalue weighted by atomic mass is 10.0. The van der Waals surface area contributed by atoms with Crippen LogP contribution >= 0.6 is 7.82 Å². The van der Waals surface area contributed by atoms with Crippen molar-refractivity contribution >= 4 is 13.7 Å². The summed E-state index contributed by atoms with van der Waals surface area (Å²) in [6.07, 6.45) is 54.7. The molecule has 0 aromatic heterocycles. The van der Waals surface area contributed by atoms with Crippen LogP contribution < -0.4 is 5.32 Å². The number of quaternary nitrogens is 1. The molecule has 0 aliphatic rings. The maximum atomic E-state index is 12.9. The van der Waals surface area contributed by atoms with Crippen molar-refractivity contribution in [3.63, 3.8) is 0 Å². The number of nitrogens with zero attached hydrogens (tertiary/aromatic N) is 1. The second kappa shape index (κ2) is 45.4. The van der Waals surface area contributed by atoms with Crippen molar-refractivity contribution in [3.8, 4) is 0 Å². The van der Waals surface area contributed by atoms with E-state index >= 15 is 0 Å². The molecule has 0 aliphatic carbocycles. The number of amides is 1. The molecule has 8 nitrogen and oxygen atoms in total. The van der Waals surface area contributed by atoms with E-state index in [2.05, 4.69) is 19.2 Å².